The molecule has 0 aliphatic carbocycles. The number of para-hydroxylation sites is 2. The molecule has 5 heterocycles. The summed E-state index contributed by atoms with van der Waals surface area (Å²) in [5, 5.41) is 5.90. The number of aromatic nitrogens is 4. The van der Waals surface area contributed by atoms with Crippen molar-refractivity contribution in [1.29, 1.82) is 0 Å². The molecule has 0 aliphatic rings. The summed E-state index contributed by atoms with van der Waals surface area (Å²) in [4.78, 5) is 14.3. The molecule has 0 spiro atoms. The first-order valence-electron chi connectivity index (χ1n) is 20.5. The maximum Gasteiger partial charge on any atom is 0.216 e. The minimum Gasteiger partial charge on any atom is -0.486 e. The van der Waals surface area contributed by atoms with Gasteiger partial charge in [-0.05, 0) is 65.8 Å². The molecule has 291 valence electrons. The van der Waals surface area contributed by atoms with Gasteiger partial charge in [0.05, 0.1) is 46.4 Å². The maximum absolute atomic E-state index is 14.7. The van der Waals surface area contributed by atoms with Crippen molar-refractivity contribution in [3.63, 3.8) is 0 Å². The molecule has 59 heavy (non-hydrogen) atoms. The second-order valence-electron chi connectivity index (χ2n) is 15.5. The van der Waals surface area contributed by atoms with Crippen molar-refractivity contribution in [3.05, 3.63) is 163 Å². The van der Waals surface area contributed by atoms with E-state index in [4.69, 9.17) is 13.5 Å². The maximum atomic E-state index is 14.7. The third-order valence-corrected chi connectivity index (χ3v) is 13.9. The minimum atomic E-state index is -2.08. The Bertz CT molecular complexity index is 3430. The monoisotopic (exact) mass is 984 g/mol. The van der Waals surface area contributed by atoms with Gasteiger partial charge in [0.25, 0.3) is 0 Å². The van der Waals surface area contributed by atoms with Crippen molar-refractivity contribution in [3.8, 4) is 28.3 Å². The fourth-order valence-electron chi connectivity index (χ4n) is 7.65. The van der Waals surface area contributed by atoms with Gasteiger partial charge in [0.2, 0.25) is 5.71 Å². The number of aryl methyl sites for hydroxylation is 2. The molecule has 9 heteroatoms. The Kier molecular flexibility index (Phi) is 8.98. The van der Waals surface area contributed by atoms with Crippen LogP contribution in [0.2, 0.25) is 19.6 Å². The van der Waals surface area contributed by atoms with Gasteiger partial charge < -0.3 is 14.0 Å². The molecule has 6 aromatic carbocycles. The molecule has 0 aliphatic heterocycles. The zero-order valence-corrected chi connectivity index (χ0v) is 36.7. The summed E-state index contributed by atoms with van der Waals surface area (Å²) in [7, 11) is -1.34. The topological polar surface area (TPSA) is 56.7 Å². The SMILES string of the molecule is Cc1ccc(-n2c(-c3[c-]ccc4c3oc3nc5cccc(F)c5cc34)nc3ccccc32)c2sc3ccccc3c12.[2H]C([2H])([2H])c1c[c-]c(-c2ccc([Si](C)(C)C)cn2)cc1.[Ir]. The first kappa shape index (κ1) is 35.1. The number of nitrogens with zero attached hydrogens (tertiary/aromatic N) is 4. The van der Waals surface area contributed by atoms with Gasteiger partial charge in [-0.15, -0.1) is 64.9 Å². The summed E-state index contributed by atoms with van der Waals surface area (Å²) in [6.07, 6.45) is 1.92. The molecule has 0 saturated heterocycles. The molecule has 0 N–H and O–H groups in total. The Morgan fingerprint density at radius 2 is 1.63 bits per heavy atom. The van der Waals surface area contributed by atoms with Crippen LogP contribution in [-0.2, 0) is 20.1 Å². The van der Waals surface area contributed by atoms with Crippen LogP contribution in [0.5, 0.6) is 0 Å². The van der Waals surface area contributed by atoms with Crippen molar-refractivity contribution >= 4 is 88.8 Å². The Balaban J connectivity index is 0.000000198. The first-order chi connectivity index (χ1) is 29.3. The van der Waals surface area contributed by atoms with Gasteiger partial charge >= 0.3 is 0 Å². The van der Waals surface area contributed by atoms with E-state index in [0.717, 1.165) is 50.1 Å². The van der Waals surface area contributed by atoms with Gasteiger partial charge in [-0.2, -0.15) is 0 Å². The fraction of sp³-hybridized carbons (Fsp3) is 0.100. The van der Waals surface area contributed by atoms with Gasteiger partial charge in [-0.25, -0.2) is 9.37 Å². The molecular formula is C50H37FIrN4OSSi-2. The van der Waals surface area contributed by atoms with Gasteiger partial charge in [0.1, 0.15) is 5.82 Å². The van der Waals surface area contributed by atoms with E-state index >= 15 is 0 Å². The summed E-state index contributed by atoms with van der Waals surface area (Å²) in [5.41, 5.74) is 8.50. The summed E-state index contributed by atoms with van der Waals surface area (Å²) >= 11 is 1.80. The van der Waals surface area contributed by atoms with Gasteiger partial charge in [0, 0.05) is 56.7 Å². The molecule has 0 fully saturated rings. The summed E-state index contributed by atoms with van der Waals surface area (Å²) in [6, 6.07) is 47.1. The molecule has 5 nitrogen and oxygen atoms in total. The number of benzene rings is 6. The van der Waals surface area contributed by atoms with Gasteiger partial charge in [0.15, 0.2) is 0 Å². The van der Waals surface area contributed by atoms with Crippen LogP contribution >= 0.6 is 11.3 Å². The minimum absolute atomic E-state index is 0. The number of halogens is 1. The quantitative estimate of drug-likeness (QED) is 0.130. The smallest absolute Gasteiger partial charge is 0.216 e. The largest absolute Gasteiger partial charge is 0.486 e. The molecule has 11 aromatic rings. The number of thiophene rings is 1. The van der Waals surface area contributed by atoms with Gasteiger partial charge in [-0.3, -0.25) is 4.98 Å². The summed E-state index contributed by atoms with van der Waals surface area (Å²) < 4.78 is 47.8. The summed E-state index contributed by atoms with van der Waals surface area (Å²) in [5.74, 6) is 0.427. The Labute approximate surface area is 363 Å². The molecule has 1 radical (unpaired) electrons. The average Bonchev–Trinajstić information content (AvgIpc) is 3.95. The molecular weight excluding hydrogens is 944 g/mol. The summed E-state index contributed by atoms with van der Waals surface area (Å²) in [6.45, 7) is 6.92. The third kappa shape index (κ3) is 6.78. The number of rotatable bonds is 4. The second kappa shape index (κ2) is 15.1. The molecule has 5 aromatic heterocycles. The van der Waals surface area contributed by atoms with Crippen LogP contribution in [0.4, 0.5) is 4.39 Å². The van der Waals surface area contributed by atoms with Crippen molar-refractivity contribution in [2.75, 3.05) is 0 Å². The predicted molar refractivity (Wildman–Crippen MR) is 242 cm³/mol. The zero-order valence-electron chi connectivity index (χ0n) is 35.5. The number of furan rings is 1. The van der Waals surface area contributed by atoms with Crippen molar-refractivity contribution in [2.45, 2.75) is 33.4 Å². The van der Waals surface area contributed by atoms with Gasteiger partial charge in [-0.1, -0.05) is 92.0 Å². The van der Waals surface area contributed by atoms with Crippen molar-refractivity contribution in [2.24, 2.45) is 0 Å². The van der Waals surface area contributed by atoms with Crippen molar-refractivity contribution in [1.82, 2.24) is 19.5 Å². The number of imidazole rings is 1. The van der Waals surface area contributed by atoms with Crippen LogP contribution in [0.15, 0.2) is 138 Å². The molecule has 0 unspecified atom stereocenters. The molecule has 11 rings (SSSR count). The fourth-order valence-corrected chi connectivity index (χ4v) is 9.97. The van der Waals surface area contributed by atoms with Crippen LogP contribution in [0.3, 0.4) is 0 Å². The normalized spacial score (nSPS) is 12.7. The van der Waals surface area contributed by atoms with Crippen LogP contribution in [-0.4, -0.2) is 27.6 Å². The number of pyridine rings is 2. The van der Waals surface area contributed by atoms with Crippen LogP contribution in [0.1, 0.15) is 15.2 Å². The van der Waals surface area contributed by atoms with E-state index in [1.54, 1.807) is 35.6 Å². The van der Waals surface area contributed by atoms with Crippen LogP contribution < -0.4 is 5.19 Å². The Morgan fingerprint density at radius 3 is 2.42 bits per heavy atom. The van der Waals surface area contributed by atoms with E-state index in [1.807, 2.05) is 48.7 Å². The molecule has 0 atom stereocenters. The van der Waals surface area contributed by atoms with Crippen molar-refractivity contribution < 1.29 is 33.0 Å². The number of hydrogen-bond donors (Lipinski definition) is 0. The Hall–Kier alpha value is -5.83. The van der Waals surface area contributed by atoms with E-state index in [0.29, 0.717) is 27.8 Å². The Morgan fingerprint density at radius 1 is 0.797 bits per heavy atom. The number of fused-ring (bicyclic) bond motifs is 8. The van der Waals surface area contributed by atoms with Crippen LogP contribution in [0.25, 0.3) is 92.5 Å². The zero-order chi connectivity index (χ0) is 42.2. The van der Waals surface area contributed by atoms with E-state index < -0.39 is 14.9 Å². The van der Waals surface area contributed by atoms with E-state index in [1.165, 1.54) is 43.1 Å². The number of hydrogen-bond acceptors (Lipinski definition) is 5. The predicted octanol–water partition coefficient (Wildman–Crippen LogP) is 13.2. The third-order valence-electron chi connectivity index (χ3n) is 10.7. The average molecular weight is 984 g/mol. The van der Waals surface area contributed by atoms with Crippen LogP contribution in [0, 0.1) is 31.7 Å². The first-order valence-corrected chi connectivity index (χ1v) is 23.4. The molecule has 0 amide bonds. The molecule has 0 saturated carbocycles. The van der Waals surface area contributed by atoms with E-state index in [-0.39, 0.29) is 25.9 Å². The van der Waals surface area contributed by atoms with E-state index in [9.17, 15) is 4.39 Å². The standard InChI is InChI=1S/C35H19FN3OS.C15H18NSi.Ir/c1-19-16-17-29(33-31(19)21-8-2-5-15-30(21)41-33)39-28-14-4-3-12-27(28)37-34(39)22-10-6-9-20-23-18-24-25(36)11-7-13-26(24)38-35(23)40-32(20)22;1-12-5-7-13(8-6-12)15-10-9-14(11-16-15)17(2,3)4;/h2-9,11-18H,1H3;5-7,9-11H,1-4H3;/q2*-1;/i;1D3;. The van der Waals surface area contributed by atoms with E-state index in [2.05, 4.69) is 102 Å². The molecule has 0 bridgehead atoms. The second-order valence-corrected chi connectivity index (χ2v) is 21.6.